The van der Waals surface area contributed by atoms with Gasteiger partial charge in [-0.3, -0.25) is 9.69 Å². The van der Waals surface area contributed by atoms with E-state index in [0.717, 1.165) is 5.56 Å². The predicted octanol–water partition coefficient (Wildman–Crippen LogP) is 1.39. The van der Waals surface area contributed by atoms with Gasteiger partial charge in [0.1, 0.15) is 17.2 Å². The lowest BCUT2D eigenvalue weighted by Gasteiger charge is -2.07. The minimum atomic E-state index is -0.171. The molecular weight excluding hydrogens is 264 g/mol. The van der Waals surface area contributed by atoms with Crippen molar-refractivity contribution in [3.63, 3.8) is 0 Å². The maximum Gasteiger partial charge on any atom is 0.276 e. The molecule has 2 rings (SSSR count). The Kier molecular flexibility index (Phi) is 3.71. The first-order valence-corrected chi connectivity index (χ1v) is 6.00. The second kappa shape index (κ2) is 5.27. The van der Waals surface area contributed by atoms with Gasteiger partial charge in [0.2, 0.25) is 0 Å². The van der Waals surface area contributed by atoms with E-state index in [2.05, 4.69) is 5.32 Å². The smallest absolute Gasteiger partial charge is 0.276 e. The molecule has 1 N–H and O–H groups in total. The number of carbonyl (C=O) groups excluding carboxylic acids is 1. The molecule has 0 bridgehead atoms. The molecule has 0 spiro atoms. The molecule has 0 radical (unpaired) electrons. The Morgan fingerprint density at radius 1 is 1.32 bits per heavy atom. The van der Waals surface area contributed by atoms with Crippen molar-refractivity contribution in [1.82, 2.24) is 10.2 Å². The summed E-state index contributed by atoms with van der Waals surface area (Å²) < 4.78 is 10.4. The van der Waals surface area contributed by atoms with Gasteiger partial charge < -0.3 is 14.8 Å². The van der Waals surface area contributed by atoms with Crippen molar-refractivity contribution in [2.75, 3.05) is 21.3 Å². The minimum absolute atomic E-state index is 0.171. The van der Waals surface area contributed by atoms with E-state index in [0.29, 0.717) is 22.3 Å². The Hall–Kier alpha value is -2.08. The number of ether oxygens (including phenoxy) is 2. The maximum atomic E-state index is 11.9. The fraction of sp³-hybridized carbons (Fsp3) is 0.231. The van der Waals surface area contributed by atoms with E-state index in [-0.39, 0.29) is 5.91 Å². The summed E-state index contributed by atoms with van der Waals surface area (Å²) in [6.45, 7) is 0. The van der Waals surface area contributed by atoms with Crippen LogP contribution >= 0.6 is 12.2 Å². The van der Waals surface area contributed by atoms with Gasteiger partial charge in [-0.15, -0.1) is 0 Å². The highest BCUT2D eigenvalue weighted by atomic mass is 32.1. The first kappa shape index (κ1) is 13.4. The van der Waals surface area contributed by atoms with Crippen LogP contribution in [-0.2, 0) is 4.79 Å². The number of benzene rings is 1. The van der Waals surface area contributed by atoms with Crippen LogP contribution in [0.4, 0.5) is 0 Å². The van der Waals surface area contributed by atoms with Crippen LogP contribution in [0.25, 0.3) is 6.08 Å². The van der Waals surface area contributed by atoms with E-state index in [1.165, 1.54) is 4.90 Å². The number of methoxy groups -OCH3 is 2. The van der Waals surface area contributed by atoms with Crippen molar-refractivity contribution in [1.29, 1.82) is 0 Å². The lowest BCUT2D eigenvalue weighted by molar-refractivity contribution is -0.121. The molecule has 0 saturated carbocycles. The molecule has 100 valence electrons. The van der Waals surface area contributed by atoms with E-state index in [1.807, 2.05) is 0 Å². The monoisotopic (exact) mass is 278 g/mol. The van der Waals surface area contributed by atoms with Gasteiger partial charge in [0.05, 0.1) is 14.2 Å². The predicted molar refractivity (Wildman–Crippen MR) is 76.0 cm³/mol. The van der Waals surface area contributed by atoms with Gasteiger partial charge in [0.25, 0.3) is 5.91 Å². The summed E-state index contributed by atoms with van der Waals surface area (Å²) in [5, 5.41) is 3.25. The second-order valence-electron chi connectivity index (χ2n) is 3.96. The van der Waals surface area contributed by atoms with Crippen molar-refractivity contribution in [3.05, 3.63) is 29.5 Å². The molecule has 5 nitrogen and oxygen atoms in total. The SMILES string of the molecule is COc1ccc(OC)c(C=C2NC(=S)N(C)C2=O)c1. The molecule has 0 aromatic heterocycles. The van der Waals surface area contributed by atoms with Gasteiger partial charge in [0, 0.05) is 12.6 Å². The van der Waals surface area contributed by atoms with E-state index in [9.17, 15) is 4.79 Å². The summed E-state index contributed by atoms with van der Waals surface area (Å²) in [4.78, 5) is 13.3. The van der Waals surface area contributed by atoms with Crippen LogP contribution in [-0.4, -0.2) is 37.2 Å². The highest BCUT2D eigenvalue weighted by Gasteiger charge is 2.27. The van der Waals surface area contributed by atoms with Crippen molar-refractivity contribution < 1.29 is 14.3 Å². The molecule has 0 unspecified atom stereocenters. The van der Waals surface area contributed by atoms with Crippen LogP contribution in [0, 0.1) is 0 Å². The quantitative estimate of drug-likeness (QED) is 0.669. The standard InChI is InChI=1S/C13H14N2O3S/c1-15-12(16)10(14-13(15)19)7-8-6-9(17-2)4-5-11(8)18-3/h4-7H,1-3H3,(H,14,19). The van der Waals surface area contributed by atoms with E-state index < -0.39 is 0 Å². The van der Waals surface area contributed by atoms with Crippen LogP contribution < -0.4 is 14.8 Å². The molecule has 1 aliphatic heterocycles. The lowest BCUT2D eigenvalue weighted by Crippen LogP contribution is -2.25. The fourth-order valence-electron chi connectivity index (χ4n) is 1.73. The molecule has 1 saturated heterocycles. The highest BCUT2D eigenvalue weighted by molar-refractivity contribution is 7.80. The van der Waals surface area contributed by atoms with Crippen molar-refractivity contribution in [2.24, 2.45) is 0 Å². The zero-order chi connectivity index (χ0) is 14.0. The number of nitrogens with zero attached hydrogens (tertiary/aromatic N) is 1. The fourth-order valence-corrected chi connectivity index (χ4v) is 1.92. The summed E-state index contributed by atoms with van der Waals surface area (Å²) in [7, 11) is 4.78. The third kappa shape index (κ3) is 2.53. The summed E-state index contributed by atoms with van der Waals surface area (Å²) in [6.07, 6.45) is 1.69. The molecule has 1 aliphatic rings. The van der Waals surface area contributed by atoms with Crippen LogP contribution in [0.2, 0.25) is 0 Å². The third-order valence-electron chi connectivity index (χ3n) is 2.82. The molecule has 1 heterocycles. The largest absolute Gasteiger partial charge is 0.497 e. The first-order chi connectivity index (χ1) is 9.06. The Bertz CT molecular complexity index is 569. The lowest BCUT2D eigenvalue weighted by atomic mass is 10.1. The number of nitrogens with one attached hydrogen (secondary N) is 1. The van der Waals surface area contributed by atoms with Crippen LogP contribution in [0.15, 0.2) is 23.9 Å². The molecule has 19 heavy (non-hydrogen) atoms. The Labute approximate surface area is 116 Å². The van der Waals surface area contributed by atoms with Crippen LogP contribution in [0.5, 0.6) is 11.5 Å². The highest BCUT2D eigenvalue weighted by Crippen LogP contribution is 2.26. The van der Waals surface area contributed by atoms with Gasteiger partial charge in [-0.25, -0.2) is 0 Å². The second-order valence-corrected chi connectivity index (χ2v) is 4.35. The third-order valence-corrected chi connectivity index (χ3v) is 3.19. The number of thiocarbonyl (C=S) groups is 1. The number of likely N-dealkylation sites (N-methyl/N-ethyl adjacent to an activating group) is 1. The molecule has 1 aromatic carbocycles. The Balaban J connectivity index is 2.42. The van der Waals surface area contributed by atoms with E-state index in [1.54, 1.807) is 45.5 Å². The van der Waals surface area contributed by atoms with E-state index in [4.69, 9.17) is 21.7 Å². The minimum Gasteiger partial charge on any atom is -0.497 e. The average molecular weight is 278 g/mol. The van der Waals surface area contributed by atoms with Crippen molar-refractivity contribution >= 4 is 29.3 Å². The molecule has 1 fully saturated rings. The summed E-state index contributed by atoms with van der Waals surface area (Å²) in [5.74, 6) is 1.17. The topological polar surface area (TPSA) is 50.8 Å². The van der Waals surface area contributed by atoms with Crippen LogP contribution in [0.1, 0.15) is 5.56 Å². The molecule has 6 heteroatoms. The molecular formula is C13H14N2O3S. The van der Waals surface area contributed by atoms with Gasteiger partial charge in [-0.1, -0.05) is 0 Å². The molecule has 0 aliphatic carbocycles. The number of hydrogen-bond donors (Lipinski definition) is 1. The molecule has 1 aromatic rings. The number of amides is 1. The summed E-state index contributed by atoms with van der Waals surface area (Å²) in [5.41, 5.74) is 1.16. The Morgan fingerprint density at radius 3 is 2.58 bits per heavy atom. The Morgan fingerprint density at radius 2 is 2.05 bits per heavy atom. The average Bonchev–Trinajstić information content (AvgIpc) is 2.66. The maximum absolute atomic E-state index is 11.9. The van der Waals surface area contributed by atoms with Crippen LogP contribution in [0.3, 0.4) is 0 Å². The van der Waals surface area contributed by atoms with Gasteiger partial charge in [0.15, 0.2) is 5.11 Å². The van der Waals surface area contributed by atoms with Gasteiger partial charge >= 0.3 is 0 Å². The van der Waals surface area contributed by atoms with E-state index >= 15 is 0 Å². The van der Waals surface area contributed by atoms with Crippen molar-refractivity contribution in [2.45, 2.75) is 0 Å². The number of rotatable bonds is 3. The van der Waals surface area contributed by atoms with Gasteiger partial charge in [-0.05, 0) is 36.5 Å². The zero-order valence-corrected chi connectivity index (χ0v) is 11.7. The zero-order valence-electron chi connectivity index (χ0n) is 10.9. The van der Waals surface area contributed by atoms with Gasteiger partial charge in [-0.2, -0.15) is 0 Å². The van der Waals surface area contributed by atoms with Crippen molar-refractivity contribution in [3.8, 4) is 11.5 Å². The normalized spacial score (nSPS) is 16.8. The summed E-state index contributed by atoms with van der Waals surface area (Å²) >= 11 is 5.02. The number of hydrogen-bond acceptors (Lipinski definition) is 4. The number of carbonyl (C=O) groups is 1. The first-order valence-electron chi connectivity index (χ1n) is 5.59. The molecule has 1 amide bonds. The summed E-state index contributed by atoms with van der Waals surface area (Å²) in [6, 6.07) is 5.37. The molecule has 0 atom stereocenters.